The van der Waals surface area contributed by atoms with E-state index in [9.17, 15) is 20.4 Å². The highest BCUT2D eigenvalue weighted by Crippen LogP contribution is 2.27. The van der Waals surface area contributed by atoms with Crippen molar-refractivity contribution < 1.29 is 34.6 Å². The first-order chi connectivity index (χ1) is 12.2. The van der Waals surface area contributed by atoms with Crippen molar-refractivity contribution in [2.45, 2.75) is 57.0 Å². The van der Waals surface area contributed by atoms with E-state index in [1.807, 2.05) is 20.8 Å². The van der Waals surface area contributed by atoms with Gasteiger partial charge in [-0.15, -0.1) is 0 Å². The Kier molecular flexibility index (Phi) is 7.22. The maximum atomic E-state index is 10.4. The van der Waals surface area contributed by atoms with Crippen molar-refractivity contribution >= 4 is 0 Å². The zero-order valence-corrected chi connectivity index (χ0v) is 15.3. The van der Waals surface area contributed by atoms with Crippen molar-refractivity contribution in [1.82, 2.24) is 5.32 Å². The molecule has 1 heterocycles. The van der Waals surface area contributed by atoms with Crippen LogP contribution in [0.25, 0.3) is 0 Å². The summed E-state index contributed by atoms with van der Waals surface area (Å²) in [6.07, 6.45) is -5.55. The lowest BCUT2D eigenvalue weighted by Gasteiger charge is -2.41. The summed E-state index contributed by atoms with van der Waals surface area (Å²) in [6, 6.07) is 5.90. The lowest BCUT2D eigenvalue weighted by molar-refractivity contribution is -0.296. The predicted molar refractivity (Wildman–Crippen MR) is 94.0 cm³/mol. The van der Waals surface area contributed by atoms with Crippen LogP contribution in [0.1, 0.15) is 20.8 Å². The monoisotopic (exact) mass is 371 g/mol. The van der Waals surface area contributed by atoms with Crippen molar-refractivity contribution in [3.05, 3.63) is 24.3 Å². The van der Waals surface area contributed by atoms with E-state index < -0.39 is 37.3 Å². The van der Waals surface area contributed by atoms with Crippen LogP contribution in [0.2, 0.25) is 0 Å². The second-order valence-electron chi connectivity index (χ2n) is 7.33. The molecule has 5 N–H and O–H groups in total. The van der Waals surface area contributed by atoms with Gasteiger partial charge in [-0.1, -0.05) is 0 Å². The van der Waals surface area contributed by atoms with Crippen molar-refractivity contribution in [3.63, 3.8) is 0 Å². The molecule has 0 amide bonds. The molecule has 26 heavy (non-hydrogen) atoms. The molecule has 0 spiro atoms. The minimum Gasteiger partial charge on any atom is -0.508 e. The molecule has 1 saturated heterocycles. The molecule has 5 atom stereocenters. The van der Waals surface area contributed by atoms with Crippen LogP contribution >= 0.6 is 0 Å². The summed E-state index contributed by atoms with van der Waals surface area (Å²) < 4.78 is 16.7. The van der Waals surface area contributed by atoms with Gasteiger partial charge in [0.1, 0.15) is 29.8 Å². The van der Waals surface area contributed by atoms with Gasteiger partial charge in [-0.05, 0) is 45.0 Å². The second-order valence-corrected chi connectivity index (χ2v) is 7.33. The number of phenolic OH excluding ortho intramolecular Hbond substituents is 1. The Morgan fingerprint density at radius 2 is 1.77 bits per heavy atom. The fraction of sp³-hybridized carbons (Fsp3) is 0.667. The molecule has 2 unspecified atom stereocenters. The van der Waals surface area contributed by atoms with Crippen molar-refractivity contribution in [1.29, 1.82) is 0 Å². The van der Waals surface area contributed by atoms with E-state index in [2.05, 4.69) is 5.32 Å². The van der Waals surface area contributed by atoms with Crippen LogP contribution in [0.5, 0.6) is 11.5 Å². The van der Waals surface area contributed by atoms with Crippen LogP contribution in [0, 0.1) is 0 Å². The molecule has 1 aromatic carbocycles. The van der Waals surface area contributed by atoms with Crippen LogP contribution < -0.4 is 10.1 Å². The summed E-state index contributed by atoms with van der Waals surface area (Å²) in [4.78, 5) is 0. The summed E-state index contributed by atoms with van der Waals surface area (Å²) >= 11 is 0. The SMILES string of the molecule is CC(C)(C)NCCO[C@H]1OC(CO)[C@H](Oc2ccc(O)cc2)[C@H](O)C1O. The van der Waals surface area contributed by atoms with Crippen LogP contribution in [-0.2, 0) is 9.47 Å². The summed E-state index contributed by atoms with van der Waals surface area (Å²) in [6.45, 7) is 6.48. The number of ether oxygens (including phenoxy) is 3. The summed E-state index contributed by atoms with van der Waals surface area (Å²) in [5.41, 5.74) is -0.0639. The third kappa shape index (κ3) is 5.80. The number of aliphatic hydroxyl groups excluding tert-OH is 3. The molecule has 1 aliphatic rings. The average molecular weight is 371 g/mol. The van der Waals surface area contributed by atoms with Crippen molar-refractivity contribution in [2.24, 2.45) is 0 Å². The lowest BCUT2D eigenvalue weighted by atomic mass is 9.99. The minimum atomic E-state index is -1.32. The van der Waals surface area contributed by atoms with Gasteiger partial charge in [-0.2, -0.15) is 0 Å². The molecule has 1 aromatic rings. The first-order valence-corrected chi connectivity index (χ1v) is 8.66. The van der Waals surface area contributed by atoms with E-state index >= 15 is 0 Å². The van der Waals surface area contributed by atoms with Crippen LogP contribution in [0.15, 0.2) is 24.3 Å². The minimum absolute atomic E-state index is 0.0639. The van der Waals surface area contributed by atoms with Crippen molar-refractivity contribution in [2.75, 3.05) is 19.8 Å². The van der Waals surface area contributed by atoms with Gasteiger partial charge in [0.05, 0.1) is 13.2 Å². The number of hydrogen-bond donors (Lipinski definition) is 5. The van der Waals surface area contributed by atoms with E-state index in [0.29, 0.717) is 12.3 Å². The maximum Gasteiger partial charge on any atom is 0.186 e. The Bertz CT molecular complexity index is 543. The summed E-state index contributed by atoms with van der Waals surface area (Å²) in [7, 11) is 0. The number of aromatic hydroxyl groups is 1. The van der Waals surface area contributed by atoms with E-state index in [1.165, 1.54) is 24.3 Å². The Morgan fingerprint density at radius 1 is 1.12 bits per heavy atom. The molecule has 0 radical (unpaired) electrons. The lowest BCUT2D eigenvalue weighted by Crippen LogP contribution is -2.61. The van der Waals surface area contributed by atoms with Gasteiger partial charge < -0.3 is 40.0 Å². The Hall–Kier alpha value is -1.42. The van der Waals surface area contributed by atoms with Crippen LogP contribution in [0.3, 0.4) is 0 Å². The molecule has 0 saturated carbocycles. The highest BCUT2D eigenvalue weighted by molar-refractivity contribution is 5.30. The number of aliphatic hydroxyl groups is 3. The van der Waals surface area contributed by atoms with Gasteiger partial charge in [-0.25, -0.2) is 0 Å². The average Bonchev–Trinajstić information content (AvgIpc) is 2.58. The topological polar surface area (TPSA) is 121 Å². The Balaban J connectivity index is 1.94. The number of hydrogen-bond acceptors (Lipinski definition) is 8. The first-order valence-electron chi connectivity index (χ1n) is 8.66. The zero-order chi connectivity index (χ0) is 19.3. The Labute approximate surface area is 153 Å². The highest BCUT2D eigenvalue weighted by atomic mass is 16.7. The second kappa shape index (κ2) is 8.98. The van der Waals surface area contributed by atoms with Crippen LogP contribution in [-0.4, -0.2) is 76.4 Å². The standard InChI is InChI=1S/C18H29NO7/c1-18(2,3)19-8-9-24-17-15(23)14(22)16(13(10-20)26-17)25-12-6-4-11(21)5-7-12/h4-7,13-17,19-23H,8-10H2,1-3H3/t13?,14-,15?,16+,17+/m1/s1. The smallest absolute Gasteiger partial charge is 0.186 e. The fourth-order valence-electron chi connectivity index (χ4n) is 2.62. The molecule has 0 bridgehead atoms. The van der Waals surface area contributed by atoms with Gasteiger partial charge in [0.15, 0.2) is 12.4 Å². The molecule has 148 valence electrons. The molecule has 8 heteroatoms. The normalized spacial score (nSPS) is 29.5. The van der Waals surface area contributed by atoms with Gasteiger partial charge in [0.2, 0.25) is 0 Å². The molecule has 1 aliphatic heterocycles. The van der Waals surface area contributed by atoms with E-state index in [4.69, 9.17) is 14.2 Å². The Morgan fingerprint density at radius 3 is 2.35 bits per heavy atom. The highest BCUT2D eigenvalue weighted by Gasteiger charge is 2.46. The summed E-state index contributed by atoms with van der Waals surface area (Å²) in [5, 5.41) is 42.8. The first kappa shape index (κ1) is 20.9. The molecular weight excluding hydrogens is 342 g/mol. The zero-order valence-electron chi connectivity index (χ0n) is 15.3. The van der Waals surface area contributed by atoms with E-state index in [1.54, 1.807) is 0 Å². The number of rotatable bonds is 7. The van der Waals surface area contributed by atoms with Gasteiger partial charge in [0, 0.05) is 12.1 Å². The van der Waals surface area contributed by atoms with Gasteiger partial charge >= 0.3 is 0 Å². The number of phenols is 1. The molecule has 1 fully saturated rings. The molecular formula is C18H29NO7. The quantitative estimate of drug-likeness (QED) is 0.424. The third-order valence-corrected chi connectivity index (χ3v) is 3.97. The predicted octanol–water partition coefficient (Wildman–Crippen LogP) is -0.0167. The largest absolute Gasteiger partial charge is 0.508 e. The maximum absolute atomic E-state index is 10.4. The molecule has 8 nitrogen and oxygen atoms in total. The molecule has 2 rings (SSSR count). The van der Waals surface area contributed by atoms with Gasteiger partial charge in [-0.3, -0.25) is 0 Å². The number of nitrogens with one attached hydrogen (secondary N) is 1. The molecule has 0 aliphatic carbocycles. The van der Waals surface area contributed by atoms with Gasteiger partial charge in [0.25, 0.3) is 0 Å². The van der Waals surface area contributed by atoms with E-state index in [0.717, 1.165) is 0 Å². The summed E-state index contributed by atoms with van der Waals surface area (Å²) in [5.74, 6) is 0.448. The van der Waals surface area contributed by atoms with Crippen molar-refractivity contribution in [3.8, 4) is 11.5 Å². The van der Waals surface area contributed by atoms with E-state index in [-0.39, 0.29) is 17.9 Å². The third-order valence-electron chi connectivity index (χ3n) is 3.97. The molecule has 0 aromatic heterocycles. The van der Waals surface area contributed by atoms with Crippen LogP contribution in [0.4, 0.5) is 0 Å². The number of benzene rings is 1. The fourth-order valence-corrected chi connectivity index (χ4v) is 2.62.